The molecule has 0 unspecified atom stereocenters. The van der Waals surface area contributed by atoms with Crippen LogP contribution >= 0.6 is 0 Å². The lowest BCUT2D eigenvalue weighted by molar-refractivity contribution is 0.198. The normalized spacial score (nSPS) is 15.3. The molecule has 5 rings (SSSR count). The number of nitrogens with one attached hydrogen (secondary N) is 1. The summed E-state index contributed by atoms with van der Waals surface area (Å²) in [5.41, 5.74) is 3.44. The molecule has 0 amide bonds. The monoisotopic (exact) mass is 416 g/mol. The molecule has 5 heterocycles. The standard InChI is InChI=1S/C21H24N10/c1-15(2)16-9-24-31(11-16)21(6-7-22)13-29(14-21)18-5-4-8-30-19(18)26-20(27-30)25-17-10-23-28(3)12-17/h4-5,8-12,15H,6,13-14H2,1-3H3,(H,25,27). The van der Waals surface area contributed by atoms with E-state index < -0.39 is 0 Å². The third-order valence-corrected chi connectivity index (χ3v) is 5.78. The van der Waals surface area contributed by atoms with Gasteiger partial charge in [-0.15, -0.1) is 5.10 Å². The SMILES string of the molecule is CC(C)c1cnn(C2(CC#N)CN(c3cccn4nc(Nc5cnn(C)c5)nc34)C2)c1. The highest BCUT2D eigenvalue weighted by Crippen LogP contribution is 2.37. The van der Waals surface area contributed by atoms with Gasteiger partial charge in [0, 0.05) is 38.7 Å². The summed E-state index contributed by atoms with van der Waals surface area (Å²) >= 11 is 0. The third kappa shape index (κ3) is 3.28. The minimum atomic E-state index is -0.328. The molecule has 31 heavy (non-hydrogen) atoms. The molecule has 0 bridgehead atoms. The highest BCUT2D eigenvalue weighted by Gasteiger charge is 2.46. The van der Waals surface area contributed by atoms with E-state index >= 15 is 0 Å². The summed E-state index contributed by atoms with van der Waals surface area (Å²) in [4.78, 5) is 6.92. The molecule has 1 N–H and O–H groups in total. The number of nitrogens with zero attached hydrogens (tertiary/aromatic N) is 9. The average Bonchev–Trinajstić information content (AvgIpc) is 3.44. The largest absolute Gasteiger partial charge is 0.363 e. The Morgan fingerprint density at radius 1 is 1.23 bits per heavy atom. The molecular formula is C21H24N10. The molecule has 4 aromatic heterocycles. The van der Waals surface area contributed by atoms with Crippen LogP contribution < -0.4 is 10.2 Å². The Morgan fingerprint density at radius 3 is 2.74 bits per heavy atom. The molecule has 1 aliphatic heterocycles. The number of aryl methyl sites for hydroxylation is 1. The Bertz CT molecular complexity index is 1260. The lowest BCUT2D eigenvalue weighted by Crippen LogP contribution is -2.63. The maximum atomic E-state index is 9.47. The van der Waals surface area contributed by atoms with Crippen molar-refractivity contribution in [3.63, 3.8) is 0 Å². The van der Waals surface area contributed by atoms with E-state index in [1.807, 2.05) is 42.5 Å². The quantitative estimate of drug-likeness (QED) is 0.515. The van der Waals surface area contributed by atoms with E-state index in [0.717, 1.165) is 17.0 Å². The topological polar surface area (TPSA) is 105 Å². The highest BCUT2D eigenvalue weighted by molar-refractivity contribution is 5.72. The van der Waals surface area contributed by atoms with Gasteiger partial charge < -0.3 is 10.2 Å². The Balaban J connectivity index is 1.41. The molecule has 1 saturated heterocycles. The molecule has 4 aromatic rings. The second-order valence-corrected chi connectivity index (χ2v) is 8.41. The van der Waals surface area contributed by atoms with Crippen molar-refractivity contribution in [2.24, 2.45) is 7.05 Å². The van der Waals surface area contributed by atoms with Crippen LogP contribution in [0.25, 0.3) is 5.65 Å². The van der Waals surface area contributed by atoms with E-state index in [9.17, 15) is 5.26 Å². The molecule has 0 saturated carbocycles. The van der Waals surface area contributed by atoms with Gasteiger partial charge in [-0.2, -0.15) is 20.4 Å². The van der Waals surface area contributed by atoms with Gasteiger partial charge in [0.05, 0.1) is 36.3 Å². The number of anilines is 3. The van der Waals surface area contributed by atoms with Gasteiger partial charge >= 0.3 is 0 Å². The van der Waals surface area contributed by atoms with E-state index in [-0.39, 0.29) is 5.54 Å². The highest BCUT2D eigenvalue weighted by atomic mass is 15.4. The fraction of sp³-hybridized carbons (Fsp3) is 0.381. The van der Waals surface area contributed by atoms with Crippen molar-refractivity contribution in [1.82, 2.24) is 34.2 Å². The van der Waals surface area contributed by atoms with Crippen LogP contribution in [0.3, 0.4) is 0 Å². The predicted octanol–water partition coefficient (Wildman–Crippen LogP) is 2.66. The predicted molar refractivity (Wildman–Crippen MR) is 116 cm³/mol. The number of pyridine rings is 1. The molecule has 0 radical (unpaired) electrons. The third-order valence-electron chi connectivity index (χ3n) is 5.78. The van der Waals surface area contributed by atoms with Crippen molar-refractivity contribution < 1.29 is 0 Å². The molecule has 10 nitrogen and oxygen atoms in total. The van der Waals surface area contributed by atoms with Gasteiger partial charge in [0.25, 0.3) is 0 Å². The van der Waals surface area contributed by atoms with Crippen molar-refractivity contribution >= 4 is 23.0 Å². The van der Waals surface area contributed by atoms with Crippen molar-refractivity contribution in [3.8, 4) is 6.07 Å². The number of aromatic nitrogens is 7. The van der Waals surface area contributed by atoms with Gasteiger partial charge in [0.2, 0.25) is 5.95 Å². The molecule has 10 heteroatoms. The fourth-order valence-corrected chi connectivity index (χ4v) is 4.02. The first-order valence-corrected chi connectivity index (χ1v) is 10.3. The summed E-state index contributed by atoms with van der Waals surface area (Å²) in [6.07, 6.45) is 9.87. The summed E-state index contributed by atoms with van der Waals surface area (Å²) in [6, 6.07) is 6.35. The van der Waals surface area contributed by atoms with Gasteiger partial charge in [0.15, 0.2) is 5.65 Å². The Hall–Kier alpha value is -3.87. The van der Waals surface area contributed by atoms with Gasteiger partial charge in [-0.3, -0.25) is 9.36 Å². The van der Waals surface area contributed by atoms with E-state index in [1.54, 1.807) is 15.4 Å². The number of rotatable bonds is 6. The maximum Gasteiger partial charge on any atom is 0.247 e. The van der Waals surface area contributed by atoms with Crippen LogP contribution in [-0.2, 0) is 12.6 Å². The number of fused-ring (bicyclic) bond motifs is 1. The van der Waals surface area contributed by atoms with Crippen LogP contribution in [-0.4, -0.2) is 47.2 Å². The average molecular weight is 416 g/mol. The summed E-state index contributed by atoms with van der Waals surface area (Å²) in [5.74, 6) is 0.914. The van der Waals surface area contributed by atoms with Crippen LogP contribution in [0.1, 0.15) is 31.7 Å². The Labute approximate surface area is 179 Å². The van der Waals surface area contributed by atoms with E-state index in [2.05, 4.69) is 56.6 Å². The van der Waals surface area contributed by atoms with Crippen molar-refractivity contribution in [2.45, 2.75) is 31.7 Å². The second-order valence-electron chi connectivity index (χ2n) is 8.41. The summed E-state index contributed by atoms with van der Waals surface area (Å²) < 4.78 is 5.46. The van der Waals surface area contributed by atoms with Crippen molar-refractivity contribution in [3.05, 3.63) is 48.7 Å². The Morgan fingerprint density at radius 2 is 2.06 bits per heavy atom. The first-order valence-electron chi connectivity index (χ1n) is 10.3. The first-order chi connectivity index (χ1) is 15.0. The van der Waals surface area contributed by atoms with Crippen molar-refractivity contribution in [1.29, 1.82) is 5.26 Å². The molecule has 158 valence electrons. The zero-order chi connectivity index (χ0) is 21.6. The van der Waals surface area contributed by atoms with Crippen LogP contribution in [0.4, 0.5) is 17.3 Å². The zero-order valence-electron chi connectivity index (χ0n) is 17.8. The van der Waals surface area contributed by atoms with Crippen LogP contribution in [0, 0.1) is 11.3 Å². The minimum absolute atomic E-state index is 0.328. The van der Waals surface area contributed by atoms with E-state index in [1.165, 1.54) is 5.56 Å². The molecule has 0 aliphatic carbocycles. The lowest BCUT2D eigenvalue weighted by atomic mass is 9.86. The van der Waals surface area contributed by atoms with Gasteiger partial charge in [-0.05, 0) is 23.6 Å². The Kier molecular flexibility index (Phi) is 4.39. The summed E-state index contributed by atoms with van der Waals surface area (Å²) in [7, 11) is 1.86. The second kappa shape index (κ2) is 7.12. The molecule has 0 spiro atoms. The van der Waals surface area contributed by atoms with E-state index in [4.69, 9.17) is 0 Å². The fourth-order valence-electron chi connectivity index (χ4n) is 4.02. The number of hydrogen-bond donors (Lipinski definition) is 1. The van der Waals surface area contributed by atoms with Gasteiger partial charge in [-0.1, -0.05) is 13.8 Å². The molecule has 1 fully saturated rings. The van der Waals surface area contributed by atoms with Gasteiger partial charge in [-0.25, -0.2) is 4.52 Å². The zero-order valence-corrected chi connectivity index (χ0v) is 17.8. The van der Waals surface area contributed by atoms with Crippen LogP contribution in [0.2, 0.25) is 0 Å². The molecule has 0 aromatic carbocycles. The van der Waals surface area contributed by atoms with Crippen LogP contribution in [0.15, 0.2) is 43.1 Å². The summed E-state index contributed by atoms with van der Waals surface area (Å²) in [5, 5.41) is 25.9. The summed E-state index contributed by atoms with van der Waals surface area (Å²) in [6.45, 7) is 5.68. The lowest BCUT2D eigenvalue weighted by Gasteiger charge is -2.50. The van der Waals surface area contributed by atoms with Crippen LogP contribution in [0.5, 0.6) is 0 Å². The maximum absolute atomic E-state index is 9.47. The minimum Gasteiger partial charge on any atom is -0.363 e. The van der Waals surface area contributed by atoms with Crippen molar-refractivity contribution in [2.75, 3.05) is 23.3 Å². The molecular weight excluding hydrogens is 392 g/mol. The first kappa shape index (κ1) is 19.1. The number of hydrogen-bond acceptors (Lipinski definition) is 7. The molecule has 1 aliphatic rings. The molecule has 0 atom stereocenters. The van der Waals surface area contributed by atoms with Gasteiger partial charge in [0.1, 0.15) is 5.54 Å². The smallest absolute Gasteiger partial charge is 0.247 e. The number of nitriles is 1. The van der Waals surface area contributed by atoms with E-state index in [0.29, 0.717) is 31.4 Å².